The van der Waals surface area contributed by atoms with Crippen LogP contribution >= 0.6 is 0 Å². The Labute approximate surface area is 120 Å². The van der Waals surface area contributed by atoms with E-state index in [0.717, 1.165) is 12.0 Å². The Bertz CT molecular complexity index is 576. The fraction of sp³-hybridized carbons (Fsp3) is 0.294. The molecule has 1 N–H and O–H groups in total. The van der Waals surface area contributed by atoms with Gasteiger partial charge >= 0.3 is 0 Å². The lowest BCUT2D eigenvalue weighted by Gasteiger charge is -2.06. The molecule has 104 valence electrons. The number of hydrogen-bond donors (Lipinski definition) is 1. The van der Waals surface area contributed by atoms with Gasteiger partial charge in [-0.2, -0.15) is 0 Å². The van der Waals surface area contributed by atoms with Gasteiger partial charge in [-0.1, -0.05) is 25.5 Å². The lowest BCUT2D eigenvalue weighted by Crippen LogP contribution is -2.12. The van der Waals surface area contributed by atoms with Gasteiger partial charge in [-0.3, -0.25) is 4.79 Å². The van der Waals surface area contributed by atoms with Crippen LogP contribution in [0.15, 0.2) is 42.6 Å². The minimum absolute atomic E-state index is 0.120. The number of hydrogen-bond acceptors (Lipinski definition) is 2. The third-order valence-corrected chi connectivity index (χ3v) is 3.19. The molecule has 20 heavy (non-hydrogen) atoms. The minimum atomic E-state index is -0.120. The van der Waals surface area contributed by atoms with Crippen molar-refractivity contribution in [1.29, 1.82) is 0 Å². The zero-order valence-electron chi connectivity index (χ0n) is 12.0. The summed E-state index contributed by atoms with van der Waals surface area (Å²) in [5, 5.41) is 2.81. The van der Waals surface area contributed by atoms with Gasteiger partial charge < -0.3 is 5.32 Å². The number of amides is 1. The Morgan fingerprint density at radius 2 is 1.95 bits per heavy atom. The third-order valence-electron chi connectivity index (χ3n) is 3.19. The molecule has 1 aromatic heterocycles. The van der Waals surface area contributed by atoms with Gasteiger partial charge in [-0.05, 0) is 55.2 Å². The Balaban J connectivity index is 2.02. The molecule has 0 aliphatic rings. The number of aromatic nitrogens is 1. The van der Waals surface area contributed by atoms with Crippen molar-refractivity contribution in [2.45, 2.75) is 33.1 Å². The van der Waals surface area contributed by atoms with Crippen LogP contribution in [0.3, 0.4) is 0 Å². The van der Waals surface area contributed by atoms with Gasteiger partial charge in [-0.25, -0.2) is 4.98 Å². The molecular formula is C17H20N2O. The summed E-state index contributed by atoms with van der Waals surface area (Å²) in [5.41, 5.74) is 3.01. The zero-order chi connectivity index (χ0) is 14.4. The van der Waals surface area contributed by atoms with Gasteiger partial charge in [0.2, 0.25) is 0 Å². The second-order valence-corrected chi connectivity index (χ2v) is 4.97. The van der Waals surface area contributed by atoms with Crippen molar-refractivity contribution >= 4 is 11.7 Å². The molecule has 0 spiro atoms. The average Bonchev–Trinajstić information content (AvgIpc) is 2.45. The second kappa shape index (κ2) is 6.85. The Morgan fingerprint density at radius 3 is 2.60 bits per heavy atom. The van der Waals surface area contributed by atoms with Crippen LogP contribution in [-0.4, -0.2) is 10.9 Å². The van der Waals surface area contributed by atoms with Crippen LogP contribution in [0.25, 0.3) is 0 Å². The van der Waals surface area contributed by atoms with E-state index in [1.807, 2.05) is 43.3 Å². The van der Waals surface area contributed by atoms with E-state index in [0.29, 0.717) is 11.4 Å². The van der Waals surface area contributed by atoms with Crippen LogP contribution in [0, 0.1) is 6.92 Å². The van der Waals surface area contributed by atoms with Crippen molar-refractivity contribution in [3.8, 4) is 0 Å². The molecule has 1 amide bonds. The number of rotatable bonds is 5. The molecule has 3 heteroatoms. The quantitative estimate of drug-likeness (QED) is 0.891. The number of carbonyl (C=O) groups excluding carboxylic acids is 1. The molecule has 3 nitrogen and oxygen atoms in total. The van der Waals surface area contributed by atoms with E-state index in [4.69, 9.17) is 0 Å². The van der Waals surface area contributed by atoms with Crippen LogP contribution in [0.2, 0.25) is 0 Å². The molecule has 2 aromatic rings. The van der Waals surface area contributed by atoms with Crippen molar-refractivity contribution in [1.82, 2.24) is 4.98 Å². The Hall–Kier alpha value is -2.16. The molecule has 0 radical (unpaired) electrons. The van der Waals surface area contributed by atoms with Gasteiger partial charge in [0.1, 0.15) is 5.82 Å². The zero-order valence-corrected chi connectivity index (χ0v) is 12.0. The molecule has 0 atom stereocenters. The number of anilines is 1. The number of carbonyl (C=O) groups is 1. The summed E-state index contributed by atoms with van der Waals surface area (Å²) in [4.78, 5) is 16.2. The van der Waals surface area contributed by atoms with Crippen LogP contribution in [0.4, 0.5) is 5.82 Å². The predicted molar refractivity (Wildman–Crippen MR) is 82.0 cm³/mol. The topological polar surface area (TPSA) is 42.0 Å². The van der Waals surface area contributed by atoms with Crippen molar-refractivity contribution in [3.63, 3.8) is 0 Å². The number of nitrogens with one attached hydrogen (secondary N) is 1. The number of nitrogens with zero attached hydrogens (tertiary/aromatic N) is 1. The van der Waals surface area contributed by atoms with E-state index >= 15 is 0 Å². The summed E-state index contributed by atoms with van der Waals surface area (Å²) in [6.07, 6.45) is 5.12. The smallest absolute Gasteiger partial charge is 0.256 e. The maximum atomic E-state index is 12.1. The predicted octanol–water partition coefficient (Wildman–Crippen LogP) is 3.98. The van der Waals surface area contributed by atoms with E-state index in [1.165, 1.54) is 18.4 Å². The molecule has 2 rings (SSSR count). The average molecular weight is 268 g/mol. The molecule has 0 aliphatic heterocycles. The van der Waals surface area contributed by atoms with Crippen molar-refractivity contribution in [2.24, 2.45) is 0 Å². The van der Waals surface area contributed by atoms with Crippen LogP contribution < -0.4 is 5.32 Å². The SMILES string of the molecule is CCCCc1ccc(C(=O)Nc2cc(C)ccn2)cc1. The van der Waals surface area contributed by atoms with Crippen molar-refractivity contribution in [3.05, 3.63) is 59.3 Å². The third kappa shape index (κ3) is 3.92. The van der Waals surface area contributed by atoms with Gasteiger partial charge in [0.25, 0.3) is 5.91 Å². The van der Waals surface area contributed by atoms with Gasteiger partial charge in [0.15, 0.2) is 0 Å². The summed E-state index contributed by atoms with van der Waals surface area (Å²) in [7, 11) is 0. The highest BCUT2D eigenvalue weighted by Gasteiger charge is 2.06. The first-order valence-corrected chi connectivity index (χ1v) is 7.02. The molecule has 1 aromatic carbocycles. The molecule has 0 saturated heterocycles. The standard InChI is InChI=1S/C17H20N2O/c1-3-4-5-14-6-8-15(9-7-14)17(20)19-16-12-13(2)10-11-18-16/h6-12H,3-5H2,1-2H3,(H,18,19,20). The maximum absolute atomic E-state index is 12.1. The molecule has 0 fully saturated rings. The Kier molecular flexibility index (Phi) is 4.88. The van der Waals surface area contributed by atoms with Crippen LogP contribution in [0.5, 0.6) is 0 Å². The monoisotopic (exact) mass is 268 g/mol. The highest BCUT2D eigenvalue weighted by Crippen LogP contribution is 2.11. The number of benzene rings is 1. The van der Waals surface area contributed by atoms with Gasteiger partial charge in [0, 0.05) is 11.8 Å². The first-order valence-electron chi connectivity index (χ1n) is 7.02. The van der Waals surface area contributed by atoms with Crippen molar-refractivity contribution < 1.29 is 4.79 Å². The fourth-order valence-corrected chi connectivity index (χ4v) is 2.00. The summed E-state index contributed by atoms with van der Waals surface area (Å²) >= 11 is 0. The maximum Gasteiger partial charge on any atom is 0.256 e. The number of unbranched alkanes of at least 4 members (excludes halogenated alkanes) is 1. The Morgan fingerprint density at radius 1 is 1.20 bits per heavy atom. The largest absolute Gasteiger partial charge is 0.307 e. The minimum Gasteiger partial charge on any atom is -0.307 e. The molecule has 1 heterocycles. The van der Waals surface area contributed by atoms with Crippen LogP contribution in [0.1, 0.15) is 41.3 Å². The number of pyridine rings is 1. The van der Waals surface area contributed by atoms with Gasteiger partial charge in [-0.15, -0.1) is 0 Å². The van der Waals surface area contributed by atoms with Crippen LogP contribution in [-0.2, 0) is 6.42 Å². The van der Waals surface area contributed by atoms with Crippen molar-refractivity contribution in [2.75, 3.05) is 5.32 Å². The number of aryl methyl sites for hydroxylation is 2. The molecular weight excluding hydrogens is 248 g/mol. The van der Waals surface area contributed by atoms with E-state index in [-0.39, 0.29) is 5.91 Å². The molecule has 0 bridgehead atoms. The summed E-state index contributed by atoms with van der Waals surface area (Å²) < 4.78 is 0. The molecule has 0 saturated carbocycles. The first-order chi connectivity index (χ1) is 9.69. The van der Waals surface area contributed by atoms with E-state index in [1.54, 1.807) is 6.20 Å². The highest BCUT2D eigenvalue weighted by atomic mass is 16.1. The summed E-state index contributed by atoms with van der Waals surface area (Å²) in [6.45, 7) is 4.15. The normalized spacial score (nSPS) is 10.3. The van der Waals surface area contributed by atoms with E-state index in [2.05, 4.69) is 17.2 Å². The molecule has 0 unspecified atom stereocenters. The van der Waals surface area contributed by atoms with E-state index in [9.17, 15) is 4.79 Å². The summed E-state index contributed by atoms with van der Waals surface area (Å²) in [6, 6.07) is 11.5. The van der Waals surface area contributed by atoms with E-state index < -0.39 is 0 Å². The lowest BCUT2D eigenvalue weighted by molar-refractivity contribution is 0.102. The first kappa shape index (κ1) is 14.3. The fourth-order valence-electron chi connectivity index (χ4n) is 2.00. The summed E-state index contributed by atoms with van der Waals surface area (Å²) in [5.74, 6) is 0.468. The highest BCUT2D eigenvalue weighted by molar-refractivity contribution is 6.03. The van der Waals surface area contributed by atoms with Gasteiger partial charge in [0.05, 0.1) is 0 Å². The lowest BCUT2D eigenvalue weighted by atomic mass is 10.1. The molecule has 0 aliphatic carbocycles. The second-order valence-electron chi connectivity index (χ2n) is 4.97.